The maximum absolute atomic E-state index is 12.7. The Bertz CT molecular complexity index is 1690. The van der Waals surface area contributed by atoms with Crippen LogP contribution in [0, 0.1) is 7.14 Å². The zero-order valence-electron chi connectivity index (χ0n) is 21.1. The number of rotatable bonds is 9. The highest BCUT2D eigenvalue weighted by atomic mass is 127. The van der Waals surface area contributed by atoms with Gasteiger partial charge in [0.1, 0.15) is 12.4 Å². The Morgan fingerprint density at radius 2 is 1.68 bits per heavy atom. The Morgan fingerprint density at radius 3 is 2.39 bits per heavy atom. The van der Waals surface area contributed by atoms with Crippen LogP contribution >= 0.6 is 79.7 Å². The topological polar surface area (TPSA) is 75.6 Å². The molecule has 0 radical (unpaired) electrons. The molecule has 0 saturated carbocycles. The molecule has 206 valence electrons. The molecule has 5 rings (SSSR count). The van der Waals surface area contributed by atoms with E-state index in [1.54, 1.807) is 18.3 Å². The average molecular weight is 825 g/mol. The fraction of sp³-hybridized carbons (Fsp3) is 0.0333. The summed E-state index contributed by atoms with van der Waals surface area (Å²) in [6.07, 6.45) is 1.61. The molecular formula is C30H20Cl2I2N4O2S. The highest BCUT2D eigenvalue weighted by Crippen LogP contribution is 2.30. The average Bonchev–Trinajstić information content (AvgIpc) is 3.43. The maximum Gasteiger partial charge on any atom is 0.271 e. The molecule has 6 nitrogen and oxygen atoms in total. The van der Waals surface area contributed by atoms with Crippen molar-refractivity contribution in [2.75, 3.05) is 5.32 Å². The largest absolute Gasteiger partial charge is 0.487 e. The number of hydrogen-bond acceptors (Lipinski definition) is 6. The van der Waals surface area contributed by atoms with Crippen LogP contribution in [0.4, 0.5) is 10.8 Å². The lowest BCUT2D eigenvalue weighted by atomic mass is 10.1. The van der Waals surface area contributed by atoms with Gasteiger partial charge >= 0.3 is 0 Å². The first kappa shape index (κ1) is 29.8. The molecule has 1 aromatic heterocycles. The van der Waals surface area contributed by atoms with E-state index < -0.39 is 0 Å². The maximum atomic E-state index is 12.7. The summed E-state index contributed by atoms with van der Waals surface area (Å²) in [5, 5.41) is 11.5. The van der Waals surface area contributed by atoms with Crippen LogP contribution in [0.15, 0.2) is 95.4 Å². The zero-order chi connectivity index (χ0) is 28.8. The molecule has 0 aliphatic carbocycles. The number of hydrogen-bond donors (Lipinski definition) is 2. The molecule has 11 heteroatoms. The van der Waals surface area contributed by atoms with Crippen LogP contribution in [-0.4, -0.2) is 17.1 Å². The third-order valence-electron chi connectivity index (χ3n) is 5.77. The number of aromatic nitrogens is 1. The van der Waals surface area contributed by atoms with Gasteiger partial charge in [-0.15, -0.1) is 11.3 Å². The van der Waals surface area contributed by atoms with E-state index in [9.17, 15) is 4.79 Å². The number of hydrazone groups is 1. The van der Waals surface area contributed by atoms with Gasteiger partial charge < -0.3 is 10.1 Å². The van der Waals surface area contributed by atoms with Gasteiger partial charge in [0.15, 0.2) is 5.13 Å². The third kappa shape index (κ3) is 7.98. The molecule has 0 unspecified atom stereocenters. The van der Waals surface area contributed by atoms with Gasteiger partial charge in [-0.1, -0.05) is 53.5 Å². The van der Waals surface area contributed by atoms with Crippen molar-refractivity contribution in [3.63, 3.8) is 0 Å². The van der Waals surface area contributed by atoms with Crippen LogP contribution in [0.2, 0.25) is 10.0 Å². The Kier molecular flexibility index (Phi) is 10.1. The Labute approximate surface area is 278 Å². The molecule has 0 saturated heterocycles. The molecule has 0 atom stereocenters. The summed E-state index contributed by atoms with van der Waals surface area (Å²) in [5.74, 6) is 0.473. The molecule has 41 heavy (non-hydrogen) atoms. The van der Waals surface area contributed by atoms with Crippen molar-refractivity contribution in [2.24, 2.45) is 5.10 Å². The first-order valence-corrected chi connectivity index (χ1v) is 15.9. The summed E-state index contributed by atoms with van der Waals surface area (Å²) < 4.78 is 7.90. The second kappa shape index (κ2) is 14.0. The number of anilines is 2. The lowest BCUT2D eigenvalue weighted by Gasteiger charge is -2.12. The smallest absolute Gasteiger partial charge is 0.271 e. The number of benzene rings is 4. The minimum absolute atomic E-state index is 0.305. The normalized spacial score (nSPS) is 11.0. The van der Waals surface area contributed by atoms with Gasteiger partial charge in [0.05, 0.1) is 19.0 Å². The Hall–Kier alpha value is -2.71. The van der Waals surface area contributed by atoms with Gasteiger partial charge in [0.25, 0.3) is 5.91 Å². The predicted molar refractivity (Wildman–Crippen MR) is 185 cm³/mol. The summed E-state index contributed by atoms with van der Waals surface area (Å²) in [5.41, 5.74) is 7.48. The van der Waals surface area contributed by atoms with Gasteiger partial charge in [-0.25, -0.2) is 10.4 Å². The van der Waals surface area contributed by atoms with Crippen LogP contribution in [0.5, 0.6) is 5.75 Å². The molecule has 2 N–H and O–H groups in total. The number of carbonyl (C=O) groups is 1. The number of carbonyl (C=O) groups excluding carboxylic acids is 1. The van der Waals surface area contributed by atoms with E-state index in [-0.39, 0.29) is 5.91 Å². The lowest BCUT2D eigenvalue weighted by Crippen LogP contribution is -2.17. The first-order chi connectivity index (χ1) is 19.9. The van der Waals surface area contributed by atoms with Gasteiger partial charge in [-0.05, 0) is 105 Å². The summed E-state index contributed by atoms with van der Waals surface area (Å²) in [6.45, 7) is 0.373. The van der Waals surface area contributed by atoms with Crippen molar-refractivity contribution in [3.05, 3.63) is 124 Å². The second-order valence-corrected chi connectivity index (χ2v) is 12.7. The molecule has 5 aromatic rings. The molecule has 0 spiro atoms. The Balaban J connectivity index is 1.17. The van der Waals surface area contributed by atoms with E-state index in [2.05, 4.69) is 66.0 Å². The fourth-order valence-corrected chi connectivity index (χ4v) is 6.88. The number of amides is 1. The highest BCUT2D eigenvalue weighted by Gasteiger charge is 2.11. The van der Waals surface area contributed by atoms with Crippen molar-refractivity contribution in [1.82, 2.24) is 10.4 Å². The second-order valence-electron chi connectivity index (χ2n) is 8.64. The highest BCUT2D eigenvalue weighted by molar-refractivity contribution is 14.1. The van der Waals surface area contributed by atoms with Crippen molar-refractivity contribution in [1.29, 1.82) is 0 Å². The van der Waals surface area contributed by atoms with Crippen molar-refractivity contribution >= 4 is 103 Å². The molecule has 0 bridgehead atoms. The summed E-state index contributed by atoms with van der Waals surface area (Å²) in [7, 11) is 0. The van der Waals surface area contributed by atoms with E-state index in [0.717, 1.165) is 46.1 Å². The first-order valence-electron chi connectivity index (χ1n) is 12.1. The molecule has 1 amide bonds. The van der Waals surface area contributed by atoms with Crippen molar-refractivity contribution in [3.8, 4) is 17.0 Å². The van der Waals surface area contributed by atoms with Crippen LogP contribution in [-0.2, 0) is 6.61 Å². The zero-order valence-corrected chi connectivity index (χ0v) is 27.7. The molecular weight excluding hydrogens is 805 g/mol. The number of thiazole rings is 1. The number of ether oxygens (including phenoxy) is 1. The molecule has 4 aromatic carbocycles. The minimum atomic E-state index is -0.305. The molecule has 0 aliphatic rings. The van der Waals surface area contributed by atoms with Crippen molar-refractivity contribution < 1.29 is 9.53 Å². The van der Waals surface area contributed by atoms with Crippen LogP contribution in [0.1, 0.15) is 21.5 Å². The van der Waals surface area contributed by atoms with E-state index in [4.69, 9.17) is 27.9 Å². The van der Waals surface area contributed by atoms with E-state index >= 15 is 0 Å². The van der Waals surface area contributed by atoms with E-state index in [1.165, 1.54) is 11.3 Å². The van der Waals surface area contributed by atoms with E-state index in [0.29, 0.717) is 22.2 Å². The number of nitrogens with one attached hydrogen (secondary N) is 2. The number of halogens is 4. The van der Waals surface area contributed by atoms with Crippen LogP contribution in [0.25, 0.3) is 11.3 Å². The quantitative estimate of drug-likeness (QED) is 0.0883. The van der Waals surface area contributed by atoms with Gasteiger partial charge in [-0.2, -0.15) is 5.10 Å². The van der Waals surface area contributed by atoms with Crippen molar-refractivity contribution in [2.45, 2.75) is 6.61 Å². The fourth-order valence-electron chi connectivity index (χ4n) is 3.70. The monoisotopic (exact) mass is 824 g/mol. The van der Waals surface area contributed by atoms with Crippen LogP contribution in [0.3, 0.4) is 0 Å². The number of nitrogens with zero attached hydrogens (tertiary/aromatic N) is 2. The molecule has 1 heterocycles. The Morgan fingerprint density at radius 1 is 0.976 bits per heavy atom. The standard InChI is InChI=1S/C30H20Cl2I2N4O2S/c31-22-9-11-23(12-10-22)36-30-37-27(17-41-30)19-5-7-20(8-6-19)29(39)38-35-15-18-13-25(33)28(26(34)14-18)40-16-21-3-1-2-4-24(21)32/h1-15,17H,16H2,(H,36,37)(H,38,39)/b35-15-. The minimum Gasteiger partial charge on any atom is -0.487 e. The predicted octanol–water partition coefficient (Wildman–Crippen LogP) is 9.41. The summed E-state index contributed by atoms with van der Waals surface area (Å²) in [6, 6.07) is 26.2. The van der Waals surface area contributed by atoms with Gasteiger partial charge in [-0.3, -0.25) is 4.79 Å². The van der Waals surface area contributed by atoms with Gasteiger partial charge in [0.2, 0.25) is 0 Å². The van der Waals surface area contributed by atoms with Crippen LogP contribution < -0.4 is 15.5 Å². The molecule has 0 aliphatic heterocycles. The molecule has 0 fully saturated rings. The SMILES string of the molecule is O=C(N/N=C\c1cc(I)c(OCc2ccccc2Cl)c(I)c1)c1ccc(-c2csc(Nc3ccc(Cl)cc3)n2)cc1. The lowest BCUT2D eigenvalue weighted by molar-refractivity contribution is 0.0955. The summed E-state index contributed by atoms with van der Waals surface area (Å²) in [4.78, 5) is 17.3. The van der Waals surface area contributed by atoms with E-state index in [1.807, 2.05) is 78.2 Å². The third-order valence-corrected chi connectivity index (χ3v) is 8.75. The summed E-state index contributed by atoms with van der Waals surface area (Å²) >= 11 is 18.2. The van der Waals surface area contributed by atoms with Gasteiger partial charge in [0, 0.05) is 37.8 Å².